The fourth-order valence-electron chi connectivity index (χ4n) is 0.565. The fourth-order valence-corrected chi connectivity index (χ4v) is 0.565. The normalized spacial score (nSPS) is 13.2. The Morgan fingerprint density at radius 3 is 1.75 bits per heavy atom. The largest absolute Gasteiger partial charge is 0.451 e. The highest BCUT2D eigenvalue weighted by Gasteiger charge is 2.16. The first-order valence-corrected chi connectivity index (χ1v) is 10.3. The Morgan fingerprint density at radius 1 is 1.25 bits per heavy atom. The van der Waals surface area contributed by atoms with Crippen molar-refractivity contribution in [3.8, 4) is 0 Å². The standard InChI is InChI=1S/C4H4O4.C4H8O2.I2/c5-3-1-7-4(6)2-8-3;1-4(5)3-6-2;1-2/h1-2H2;3H2,1-2H3;. The van der Waals surface area contributed by atoms with Gasteiger partial charge in [-0.05, 0) is 6.92 Å². The number of carbonyl (C=O) groups excluding carboxylic acids is 3. The van der Waals surface area contributed by atoms with Crippen LogP contribution >= 0.6 is 37.2 Å². The number of hydrogen-bond acceptors (Lipinski definition) is 6. The molecule has 1 rings (SSSR count). The summed E-state index contributed by atoms with van der Waals surface area (Å²) in [7, 11) is 1.50. The summed E-state index contributed by atoms with van der Waals surface area (Å²) >= 11 is 4.24. The number of rotatable bonds is 2. The molecule has 0 aromatic carbocycles. The van der Waals surface area contributed by atoms with Gasteiger partial charge in [0.25, 0.3) is 0 Å². The van der Waals surface area contributed by atoms with E-state index in [1.54, 1.807) is 0 Å². The summed E-state index contributed by atoms with van der Waals surface area (Å²) in [6.45, 7) is 1.25. The summed E-state index contributed by atoms with van der Waals surface area (Å²) in [6, 6.07) is 0. The van der Waals surface area contributed by atoms with Crippen molar-refractivity contribution in [1.82, 2.24) is 0 Å². The number of carbonyl (C=O) groups is 3. The Labute approximate surface area is 117 Å². The van der Waals surface area contributed by atoms with Crippen LogP contribution in [0.4, 0.5) is 0 Å². The van der Waals surface area contributed by atoms with E-state index in [0.29, 0.717) is 0 Å². The first kappa shape index (κ1) is 18.4. The average Bonchev–Trinajstić information content (AvgIpc) is 2.26. The second kappa shape index (κ2) is 13.1. The monoisotopic (exact) mass is 458 g/mol. The minimum Gasteiger partial charge on any atom is -0.451 e. The maximum Gasteiger partial charge on any atom is 0.344 e. The Balaban J connectivity index is 0. The number of Topliss-reactive ketones (excluding diaryl/α,β-unsaturated/α-hetero) is 1. The third-order valence-corrected chi connectivity index (χ3v) is 1.05. The van der Waals surface area contributed by atoms with E-state index in [2.05, 4.69) is 51.4 Å². The van der Waals surface area contributed by atoms with Gasteiger partial charge in [-0.2, -0.15) is 0 Å². The van der Waals surface area contributed by atoms with Crippen LogP contribution in [0.15, 0.2) is 0 Å². The molecule has 0 saturated carbocycles. The molecule has 0 aliphatic carbocycles. The number of ether oxygens (including phenoxy) is 3. The molecule has 0 bridgehead atoms. The van der Waals surface area contributed by atoms with Crippen LogP contribution in [0.1, 0.15) is 6.92 Å². The molecule has 8 heteroatoms. The van der Waals surface area contributed by atoms with Crippen molar-refractivity contribution >= 4 is 55.0 Å². The lowest BCUT2D eigenvalue weighted by Crippen LogP contribution is -2.27. The molecular weight excluding hydrogens is 446 g/mol. The zero-order valence-electron chi connectivity index (χ0n) is 8.83. The summed E-state index contributed by atoms with van der Waals surface area (Å²) in [4.78, 5) is 30.1. The maximum absolute atomic E-state index is 10.1. The zero-order valence-corrected chi connectivity index (χ0v) is 13.1. The zero-order chi connectivity index (χ0) is 13.0. The molecule has 1 heterocycles. The van der Waals surface area contributed by atoms with E-state index in [9.17, 15) is 14.4 Å². The highest BCUT2D eigenvalue weighted by molar-refractivity contribution is 15.0. The first-order valence-electron chi connectivity index (χ1n) is 4.00. The van der Waals surface area contributed by atoms with Gasteiger partial charge in [0.15, 0.2) is 19.0 Å². The predicted octanol–water partition coefficient (Wildman–Crippen LogP) is 1.08. The van der Waals surface area contributed by atoms with Gasteiger partial charge in [-0.15, -0.1) is 0 Å². The summed E-state index contributed by atoms with van der Waals surface area (Å²) < 4.78 is 13.0. The van der Waals surface area contributed by atoms with Crippen LogP contribution in [-0.4, -0.2) is 44.7 Å². The number of hydrogen-bond donors (Lipinski definition) is 0. The lowest BCUT2D eigenvalue weighted by molar-refractivity contribution is -0.174. The van der Waals surface area contributed by atoms with E-state index in [1.165, 1.54) is 14.0 Å². The van der Waals surface area contributed by atoms with Crippen LogP contribution in [0.25, 0.3) is 0 Å². The number of methoxy groups -OCH3 is 1. The van der Waals surface area contributed by atoms with Crippen LogP contribution in [-0.2, 0) is 28.6 Å². The molecule has 0 N–H and O–H groups in total. The van der Waals surface area contributed by atoms with Gasteiger partial charge in [-0.3, -0.25) is 4.79 Å². The fraction of sp³-hybridized carbons (Fsp3) is 0.625. The topological polar surface area (TPSA) is 78.9 Å². The van der Waals surface area contributed by atoms with Gasteiger partial charge >= 0.3 is 11.9 Å². The number of halogens is 2. The van der Waals surface area contributed by atoms with Crippen molar-refractivity contribution in [2.24, 2.45) is 0 Å². The SMILES string of the molecule is COCC(C)=O.II.O=C1COC(=O)CO1. The van der Waals surface area contributed by atoms with Crippen molar-refractivity contribution in [3.05, 3.63) is 0 Å². The van der Waals surface area contributed by atoms with Gasteiger partial charge < -0.3 is 14.2 Å². The molecule has 0 amide bonds. The predicted molar refractivity (Wildman–Crippen MR) is 72.5 cm³/mol. The van der Waals surface area contributed by atoms with E-state index >= 15 is 0 Å². The summed E-state index contributed by atoms with van der Waals surface area (Å²) in [5.41, 5.74) is 0. The van der Waals surface area contributed by atoms with E-state index in [1.807, 2.05) is 0 Å². The number of cyclic esters (lactones) is 2. The molecule has 0 unspecified atom stereocenters. The second-order valence-electron chi connectivity index (χ2n) is 2.46. The molecule has 16 heavy (non-hydrogen) atoms. The lowest BCUT2D eigenvalue weighted by Gasteiger charge is -2.09. The third kappa shape index (κ3) is 14.0. The van der Waals surface area contributed by atoms with E-state index in [-0.39, 0.29) is 25.6 Å². The van der Waals surface area contributed by atoms with Crippen LogP contribution in [0.2, 0.25) is 0 Å². The van der Waals surface area contributed by atoms with Crippen molar-refractivity contribution < 1.29 is 28.6 Å². The molecule has 0 aromatic rings. The van der Waals surface area contributed by atoms with Gasteiger partial charge in [-0.1, -0.05) is 0 Å². The van der Waals surface area contributed by atoms with E-state index in [0.717, 1.165) is 0 Å². The average molecular weight is 458 g/mol. The number of esters is 2. The van der Waals surface area contributed by atoms with Crippen molar-refractivity contribution in [3.63, 3.8) is 0 Å². The van der Waals surface area contributed by atoms with Crippen molar-refractivity contribution in [1.29, 1.82) is 0 Å². The van der Waals surface area contributed by atoms with Crippen LogP contribution in [0.5, 0.6) is 0 Å². The lowest BCUT2D eigenvalue weighted by atomic mass is 10.5. The maximum atomic E-state index is 10.1. The highest BCUT2D eigenvalue weighted by atomic mass is 128. The molecule has 1 aliphatic heterocycles. The van der Waals surface area contributed by atoms with Gasteiger partial charge in [0, 0.05) is 44.3 Å². The quantitative estimate of drug-likeness (QED) is 0.456. The molecular formula is C8H12I2O6. The summed E-state index contributed by atoms with van der Waals surface area (Å²) in [6.07, 6.45) is 0. The molecule has 0 radical (unpaired) electrons. The molecule has 1 saturated heterocycles. The highest BCUT2D eigenvalue weighted by Crippen LogP contribution is 1.90. The van der Waals surface area contributed by atoms with Crippen molar-refractivity contribution in [2.45, 2.75) is 6.92 Å². The van der Waals surface area contributed by atoms with Gasteiger partial charge in [0.2, 0.25) is 0 Å². The smallest absolute Gasteiger partial charge is 0.344 e. The minimum atomic E-state index is -0.482. The van der Waals surface area contributed by atoms with Gasteiger partial charge in [-0.25, -0.2) is 9.59 Å². The van der Waals surface area contributed by atoms with E-state index < -0.39 is 11.9 Å². The third-order valence-electron chi connectivity index (χ3n) is 1.05. The Bertz CT molecular complexity index is 203. The Hall–Kier alpha value is 0.0300. The summed E-state index contributed by atoms with van der Waals surface area (Å²) in [5, 5.41) is 0. The molecule has 0 spiro atoms. The van der Waals surface area contributed by atoms with Crippen LogP contribution in [0.3, 0.4) is 0 Å². The molecule has 94 valence electrons. The van der Waals surface area contributed by atoms with Crippen LogP contribution < -0.4 is 0 Å². The molecule has 0 aromatic heterocycles. The van der Waals surface area contributed by atoms with E-state index in [4.69, 9.17) is 0 Å². The van der Waals surface area contributed by atoms with Gasteiger partial charge in [0.05, 0.1) is 0 Å². The number of ketones is 1. The first-order chi connectivity index (χ1) is 7.56. The Kier molecular flexibility index (Phi) is 15.1. The second-order valence-corrected chi connectivity index (χ2v) is 2.46. The molecule has 0 atom stereocenters. The van der Waals surface area contributed by atoms with Crippen LogP contribution in [0, 0.1) is 0 Å². The minimum absolute atomic E-state index is 0.0671. The molecule has 6 nitrogen and oxygen atoms in total. The van der Waals surface area contributed by atoms with Crippen molar-refractivity contribution in [2.75, 3.05) is 26.9 Å². The molecule has 1 aliphatic rings. The van der Waals surface area contributed by atoms with Gasteiger partial charge in [0.1, 0.15) is 6.61 Å². The Morgan fingerprint density at radius 2 is 1.62 bits per heavy atom. The summed E-state index contributed by atoms with van der Waals surface area (Å²) in [5.74, 6) is -0.897. The molecule has 1 fully saturated rings.